The van der Waals surface area contributed by atoms with Crippen LogP contribution < -0.4 is 10.6 Å². The van der Waals surface area contributed by atoms with Gasteiger partial charge in [-0.15, -0.1) is 0 Å². The first-order valence-corrected chi connectivity index (χ1v) is 8.98. The molecule has 3 heterocycles. The molecular weight excluding hydrogens is 318 g/mol. The van der Waals surface area contributed by atoms with Crippen molar-refractivity contribution in [1.82, 2.24) is 19.9 Å². The molecule has 0 aromatic carbocycles. The number of pyridine rings is 1. The van der Waals surface area contributed by atoms with E-state index in [2.05, 4.69) is 25.2 Å². The molecule has 25 heavy (non-hydrogen) atoms. The van der Waals surface area contributed by atoms with E-state index in [0.717, 1.165) is 43.6 Å². The van der Waals surface area contributed by atoms with Crippen LogP contribution in [0.2, 0.25) is 0 Å². The minimum Gasteiger partial charge on any atom is -0.444 e. The Kier molecular flexibility index (Phi) is 3.81. The normalized spacial score (nSPS) is 22.7. The fourth-order valence-corrected chi connectivity index (χ4v) is 3.88. The number of rotatable bonds is 2. The van der Waals surface area contributed by atoms with Crippen LogP contribution >= 0.6 is 0 Å². The second-order valence-electron chi connectivity index (χ2n) is 7.96. The summed E-state index contributed by atoms with van der Waals surface area (Å²) in [5.74, 6) is 0.982. The van der Waals surface area contributed by atoms with Gasteiger partial charge in [-0.2, -0.15) is 0 Å². The zero-order valence-electron chi connectivity index (χ0n) is 15.0. The first-order valence-electron chi connectivity index (χ1n) is 8.98. The number of imidazole rings is 1. The smallest absolute Gasteiger partial charge is 0.407 e. The van der Waals surface area contributed by atoms with Gasteiger partial charge in [-0.3, -0.25) is 0 Å². The first kappa shape index (κ1) is 16.2. The van der Waals surface area contributed by atoms with Gasteiger partial charge in [-0.1, -0.05) is 0 Å². The summed E-state index contributed by atoms with van der Waals surface area (Å²) in [4.78, 5) is 21.0. The average molecular weight is 343 g/mol. The zero-order valence-corrected chi connectivity index (χ0v) is 15.0. The Hall–Kier alpha value is -2.31. The standard InChI is InChI=1S/C18H25N5O2/c1-18(2,3)25-17(24)22-11-4-5-12(8-11)23-10-21-14-9-20-16-13(15(14)23)6-7-19-16/h9-12H,4-8H2,1-3H3,(H,19,20)(H,22,24). The number of ether oxygens (including phenoxy) is 1. The van der Waals surface area contributed by atoms with Crippen molar-refractivity contribution >= 4 is 22.9 Å². The lowest BCUT2D eigenvalue weighted by molar-refractivity contribution is 0.0505. The van der Waals surface area contributed by atoms with Crippen LogP contribution in [0.1, 0.15) is 51.6 Å². The number of aromatic nitrogens is 3. The number of hydrogen-bond acceptors (Lipinski definition) is 5. The number of nitrogens with one attached hydrogen (secondary N) is 2. The number of alkyl carbamates (subject to hydrolysis) is 1. The highest BCUT2D eigenvalue weighted by molar-refractivity contribution is 5.83. The third-order valence-corrected chi connectivity index (χ3v) is 4.90. The molecule has 2 aromatic heterocycles. The second kappa shape index (κ2) is 5.89. The van der Waals surface area contributed by atoms with E-state index in [4.69, 9.17) is 4.74 Å². The largest absolute Gasteiger partial charge is 0.444 e. The Labute approximate surface area is 147 Å². The van der Waals surface area contributed by atoms with Gasteiger partial charge in [-0.25, -0.2) is 14.8 Å². The van der Waals surface area contributed by atoms with Crippen LogP contribution in [0.25, 0.3) is 11.0 Å². The van der Waals surface area contributed by atoms with Crippen molar-refractivity contribution in [3.05, 3.63) is 18.1 Å². The summed E-state index contributed by atoms with van der Waals surface area (Å²) >= 11 is 0. The topological polar surface area (TPSA) is 81.1 Å². The van der Waals surface area contributed by atoms with Crippen LogP contribution in [0, 0.1) is 0 Å². The quantitative estimate of drug-likeness (QED) is 0.876. The molecule has 1 aliphatic heterocycles. The van der Waals surface area contributed by atoms with E-state index in [1.165, 1.54) is 11.1 Å². The summed E-state index contributed by atoms with van der Waals surface area (Å²) in [7, 11) is 0. The molecule has 1 saturated carbocycles. The molecule has 0 spiro atoms. The van der Waals surface area contributed by atoms with Gasteiger partial charge in [0.25, 0.3) is 0 Å². The lowest BCUT2D eigenvalue weighted by atomic mass is 10.1. The summed E-state index contributed by atoms with van der Waals surface area (Å²) in [6.45, 7) is 6.57. The number of fused-ring (bicyclic) bond motifs is 3. The number of nitrogens with zero attached hydrogens (tertiary/aromatic N) is 3. The minimum atomic E-state index is -0.469. The predicted octanol–water partition coefficient (Wildman–Crippen LogP) is 3.02. The molecule has 2 aliphatic rings. The average Bonchev–Trinajstić information content (AvgIpc) is 3.22. The molecule has 1 aliphatic carbocycles. The van der Waals surface area contributed by atoms with E-state index in [9.17, 15) is 4.79 Å². The maximum Gasteiger partial charge on any atom is 0.407 e. The molecule has 2 unspecified atom stereocenters. The lowest BCUT2D eigenvalue weighted by Gasteiger charge is -2.22. The Balaban J connectivity index is 1.50. The first-order chi connectivity index (χ1) is 11.9. The number of carbonyl (C=O) groups excluding carboxylic acids is 1. The van der Waals surface area contributed by atoms with Crippen LogP contribution in [-0.4, -0.2) is 38.8 Å². The Bertz CT molecular complexity index is 808. The predicted molar refractivity (Wildman–Crippen MR) is 95.8 cm³/mol. The van der Waals surface area contributed by atoms with Crippen molar-refractivity contribution in [2.75, 3.05) is 11.9 Å². The van der Waals surface area contributed by atoms with Crippen molar-refractivity contribution in [2.45, 2.75) is 64.1 Å². The van der Waals surface area contributed by atoms with Gasteiger partial charge in [0.15, 0.2) is 0 Å². The van der Waals surface area contributed by atoms with Crippen molar-refractivity contribution < 1.29 is 9.53 Å². The summed E-state index contributed by atoms with van der Waals surface area (Å²) in [5.41, 5.74) is 2.94. The summed E-state index contributed by atoms with van der Waals surface area (Å²) in [6, 6.07) is 0.488. The zero-order chi connectivity index (χ0) is 17.6. The van der Waals surface area contributed by atoms with E-state index >= 15 is 0 Å². The van der Waals surface area contributed by atoms with E-state index < -0.39 is 5.60 Å². The number of hydrogen-bond donors (Lipinski definition) is 2. The Morgan fingerprint density at radius 3 is 3.00 bits per heavy atom. The van der Waals surface area contributed by atoms with Gasteiger partial charge >= 0.3 is 6.09 Å². The van der Waals surface area contributed by atoms with Crippen molar-refractivity contribution in [3.8, 4) is 0 Å². The number of anilines is 1. The van der Waals surface area contributed by atoms with Gasteiger partial charge in [0, 0.05) is 24.2 Å². The second-order valence-corrected chi connectivity index (χ2v) is 7.96. The highest BCUT2D eigenvalue weighted by Gasteiger charge is 2.30. The third kappa shape index (κ3) is 3.15. The van der Waals surface area contributed by atoms with Crippen LogP contribution in [-0.2, 0) is 11.2 Å². The molecule has 2 N–H and O–H groups in total. The third-order valence-electron chi connectivity index (χ3n) is 4.90. The van der Waals surface area contributed by atoms with Gasteiger partial charge in [0.2, 0.25) is 0 Å². The fourth-order valence-electron chi connectivity index (χ4n) is 3.88. The molecule has 0 bridgehead atoms. The van der Waals surface area contributed by atoms with Crippen LogP contribution in [0.3, 0.4) is 0 Å². The van der Waals surface area contributed by atoms with Gasteiger partial charge in [0.05, 0.1) is 18.0 Å². The summed E-state index contributed by atoms with van der Waals surface area (Å²) in [5, 5.41) is 6.34. The highest BCUT2D eigenvalue weighted by atomic mass is 16.6. The van der Waals surface area contributed by atoms with Crippen molar-refractivity contribution in [3.63, 3.8) is 0 Å². The van der Waals surface area contributed by atoms with Crippen LogP contribution in [0.4, 0.5) is 10.6 Å². The molecule has 1 amide bonds. The van der Waals surface area contributed by atoms with E-state index in [1.807, 2.05) is 33.3 Å². The maximum absolute atomic E-state index is 12.0. The van der Waals surface area contributed by atoms with Gasteiger partial charge in [0.1, 0.15) is 16.9 Å². The number of carbonyl (C=O) groups is 1. The molecule has 7 heteroatoms. The van der Waals surface area contributed by atoms with Gasteiger partial charge in [-0.05, 0) is 46.5 Å². The lowest BCUT2D eigenvalue weighted by Crippen LogP contribution is -2.38. The number of amides is 1. The fraction of sp³-hybridized carbons (Fsp3) is 0.611. The molecular formula is C18H25N5O2. The van der Waals surface area contributed by atoms with Crippen LogP contribution in [0.15, 0.2) is 12.5 Å². The maximum atomic E-state index is 12.0. The van der Waals surface area contributed by atoms with E-state index in [-0.39, 0.29) is 12.1 Å². The molecule has 4 rings (SSSR count). The molecule has 1 fully saturated rings. The van der Waals surface area contributed by atoms with Crippen molar-refractivity contribution in [1.29, 1.82) is 0 Å². The van der Waals surface area contributed by atoms with Crippen LogP contribution in [0.5, 0.6) is 0 Å². The Morgan fingerprint density at radius 2 is 2.20 bits per heavy atom. The molecule has 2 atom stereocenters. The monoisotopic (exact) mass is 343 g/mol. The summed E-state index contributed by atoms with van der Waals surface area (Å²) < 4.78 is 7.65. The SMILES string of the molecule is CC(C)(C)OC(=O)NC1CCC(n2cnc3cnc4c(c32)CCN4)C1. The molecule has 0 saturated heterocycles. The molecule has 2 aromatic rings. The summed E-state index contributed by atoms with van der Waals surface area (Å²) in [6.07, 6.45) is 7.29. The van der Waals surface area contributed by atoms with E-state index in [1.54, 1.807) is 0 Å². The molecule has 7 nitrogen and oxygen atoms in total. The highest BCUT2D eigenvalue weighted by Crippen LogP contribution is 2.35. The molecule has 0 radical (unpaired) electrons. The van der Waals surface area contributed by atoms with Crippen molar-refractivity contribution in [2.24, 2.45) is 0 Å². The Morgan fingerprint density at radius 1 is 1.36 bits per heavy atom. The molecule has 134 valence electrons. The van der Waals surface area contributed by atoms with Gasteiger partial charge < -0.3 is 19.9 Å². The minimum absolute atomic E-state index is 0.144. The van der Waals surface area contributed by atoms with E-state index in [0.29, 0.717) is 6.04 Å².